The van der Waals surface area contributed by atoms with E-state index in [0.29, 0.717) is 12.1 Å². The molecule has 1 heterocycles. The molecule has 0 saturated heterocycles. The van der Waals surface area contributed by atoms with Crippen molar-refractivity contribution in [1.29, 1.82) is 0 Å². The monoisotopic (exact) mass is 398 g/mol. The summed E-state index contributed by atoms with van der Waals surface area (Å²) in [5, 5.41) is 0. The number of imide groups is 1. The fourth-order valence-corrected chi connectivity index (χ4v) is 3.02. The van der Waals surface area contributed by atoms with Crippen LogP contribution in [-0.4, -0.2) is 53.2 Å². The van der Waals surface area contributed by atoms with Crippen molar-refractivity contribution in [3.63, 3.8) is 0 Å². The third kappa shape index (κ3) is 4.48. The van der Waals surface area contributed by atoms with Crippen molar-refractivity contribution >= 4 is 23.7 Å². The van der Waals surface area contributed by atoms with Gasteiger partial charge in [-0.15, -0.1) is 0 Å². The van der Waals surface area contributed by atoms with Crippen LogP contribution in [0.2, 0.25) is 0 Å². The highest BCUT2D eigenvalue weighted by molar-refractivity contribution is 6.22. The molecule has 0 saturated carbocycles. The zero-order valence-electron chi connectivity index (χ0n) is 15.8. The van der Waals surface area contributed by atoms with E-state index in [2.05, 4.69) is 0 Å². The fourth-order valence-electron chi connectivity index (χ4n) is 3.02. The second kappa shape index (κ2) is 8.64. The maximum Gasteiger partial charge on any atom is 0.326 e. The lowest BCUT2D eigenvalue weighted by Gasteiger charge is -2.21. The third-order valence-electron chi connectivity index (χ3n) is 4.52. The predicted molar refractivity (Wildman–Crippen MR) is 100 cm³/mol. The van der Waals surface area contributed by atoms with Crippen LogP contribution in [0.3, 0.4) is 0 Å². The second-order valence-corrected chi connectivity index (χ2v) is 6.44. The summed E-state index contributed by atoms with van der Waals surface area (Å²) in [4.78, 5) is 51.1. The van der Waals surface area contributed by atoms with Crippen LogP contribution >= 0.6 is 0 Å². The van der Waals surface area contributed by atoms with Gasteiger partial charge in [-0.1, -0.05) is 24.3 Å². The van der Waals surface area contributed by atoms with Crippen molar-refractivity contribution in [2.24, 2.45) is 0 Å². The number of nitrogens with zero attached hydrogens (tertiary/aromatic N) is 2. The smallest absolute Gasteiger partial charge is 0.326 e. The van der Waals surface area contributed by atoms with Crippen molar-refractivity contribution < 1.29 is 28.3 Å². The molecule has 150 valence electrons. The van der Waals surface area contributed by atoms with Gasteiger partial charge in [-0.05, 0) is 36.8 Å². The molecule has 7 nitrogen and oxygen atoms in total. The summed E-state index contributed by atoms with van der Waals surface area (Å²) in [5.41, 5.74) is 1.07. The molecule has 0 atom stereocenters. The fraction of sp³-hybridized carbons (Fsp3) is 0.238. The first-order chi connectivity index (χ1) is 13.9. The Bertz CT molecular complexity index is 940. The van der Waals surface area contributed by atoms with Crippen LogP contribution in [0.1, 0.15) is 33.2 Å². The lowest BCUT2D eigenvalue weighted by Crippen LogP contribution is -2.38. The van der Waals surface area contributed by atoms with Gasteiger partial charge < -0.3 is 9.64 Å². The number of carbonyl (C=O) groups is 4. The number of hydrogen-bond acceptors (Lipinski definition) is 5. The van der Waals surface area contributed by atoms with E-state index in [4.69, 9.17) is 4.74 Å². The molecule has 0 aliphatic carbocycles. The number of likely N-dealkylation sites (N-methyl/N-ethyl adjacent to an activating group) is 1. The Morgan fingerprint density at radius 1 is 1.03 bits per heavy atom. The van der Waals surface area contributed by atoms with Gasteiger partial charge in [0, 0.05) is 13.1 Å². The van der Waals surface area contributed by atoms with Gasteiger partial charge in [-0.3, -0.25) is 24.1 Å². The average molecular weight is 398 g/mol. The van der Waals surface area contributed by atoms with Gasteiger partial charge in [0.15, 0.2) is 6.61 Å². The first-order valence-corrected chi connectivity index (χ1v) is 9.03. The molecule has 0 fully saturated rings. The van der Waals surface area contributed by atoms with Gasteiger partial charge in [0.2, 0.25) is 0 Å². The lowest BCUT2D eigenvalue weighted by molar-refractivity contribution is -0.152. The Morgan fingerprint density at radius 3 is 2.28 bits per heavy atom. The molecular formula is C21H19FN2O5. The van der Waals surface area contributed by atoms with E-state index in [9.17, 15) is 23.6 Å². The van der Waals surface area contributed by atoms with Crippen LogP contribution in [0.5, 0.6) is 0 Å². The molecule has 1 aliphatic rings. The minimum absolute atomic E-state index is 0.170. The van der Waals surface area contributed by atoms with E-state index in [1.807, 2.05) is 0 Å². The molecular weight excluding hydrogens is 379 g/mol. The summed E-state index contributed by atoms with van der Waals surface area (Å²) in [6.07, 6.45) is 0. The van der Waals surface area contributed by atoms with Crippen LogP contribution in [0.4, 0.5) is 4.39 Å². The molecule has 0 N–H and O–H groups in total. The van der Waals surface area contributed by atoms with Crippen molar-refractivity contribution in [2.75, 3.05) is 19.7 Å². The largest absolute Gasteiger partial charge is 0.454 e. The number of halogens is 1. The highest BCUT2D eigenvalue weighted by atomic mass is 19.1. The summed E-state index contributed by atoms with van der Waals surface area (Å²) in [7, 11) is 0. The van der Waals surface area contributed by atoms with Gasteiger partial charge in [0.25, 0.3) is 17.7 Å². The molecule has 2 aromatic carbocycles. The van der Waals surface area contributed by atoms with Crippen molar-refractivity contribution in [3.8, 4) is 0 Å². The number of esters is 1. The van der Waals surface area contributed by atoms with E-state index >= 15 is 0 Å². The van der Waals surface area contributed by atoms with E-state index in [0.717, 1.165) is 4.90 Å². The number of rotatable bonds is 7. The predicted octanol–water partition coefficient (Wildman–Crippen LogP) is 2.01. The second-order valence-electron chi connectivity index (χ2n) is 6.44. The Kier molecular flexibility index (Phi) is 6.01. The minimum atomic E-state index is -0.866. The van der Waals surface area contributed by atoms with Gasteiger partial charge in [-0.2, -0.15) is 0 Å². The molecule has 29 heavy (non-hydrogen) atoms. The number of hydrogen-bond donors (Lipinski definition) is 0. The topological polar surface area (TPSA) is 84.0 Å². The standard InChI is InChI=1S/C21H19FN2O5/c1-2-23(11-14-6-5-7-15(22)10-14)18(25)13-29-19(26)12-24-20(27)16-8-3-4-9-17(16)21(24)28/h3-10H,2,11-13H2,1H3. The molecule has 0 aromatic heterocycles. The molecule has 3 rings (SSSR count). The molecule has 0 radical (unpaired) electrons. The maximum atomic E-state index is 13.3. The molecule has 0 spiro atoms. The van der Waals surface area contributed by atoms with E-state index in [1.165, 1.54) is 29.2 Å². The summed E-state index contributed by atoms with van der Waals surface area (Å²) < 4.78 is 18.3. The van der Waals surface area contributed by atoms with Crippen LogP contribution in [0.25, 0.3) is 0 Å². The maximum absolute atomic E-state index is 13.3. The Morgan fingerprint density at radius 2 is 1.69 bits per heavy atom. The molecule has 1 aliphatic heterocycles. The van der Waals surface area contributed by atoms with E-state index in [-0.39, 0.29) is 17.7 Å². The zero-order chi connectivity index (χ0) is 21.0. The highest BCUT2D eigenvalue weighted by Gasteiger charge is 2.36. The van der Waals surface area contributed by atoms with Crippen molar-refractivity contribution in [2.45, 2.75) is 13.5 Å². The van der Waals surface area contributed by atoms with Crippen molar-refractivity contribution in [3.05, 3.63) is 71.0 Å². The van der Waals surface area contributed by atoms with Crippen LogP contribution < -0.4 is 0 Å². The molecule has 8 heteroatoms. The van der Waals surface area contributed by atoms with Crippen molar-refractivity contribution in [1.82, 2.24) is 9.80 Å². The minimum Gasteiger partial charge on any atom is -0.454 e. The van der Waals surface area contributed by atoms with Gasteiger partial charge in [0.1, 0.15) is 12.4 Å². The number of benzene rings is 2. The Hall–Kier alpha value is -3.55. The van der Waals surface area contributed by atoms with Gasteiger partial charge >= 0.3 is 5.97 Å². The lowest BCUT2D eigenvalue weighted by atomic mass is 10.1. The number of fused-ring (bicyclic) bond motifs is 1. The first kappa shape index (κ1) is 20.2. The Balaban J connectivity index is 1.54. The quantitative estimate of drug-likeness (QED) is 0.526. The molecule has 2 aromatic rings. The molecule has 3 amide bonds. The number of ether oxygens (including phenoxy) is 1. The molecule has 0 unspecified atom stereocenters. The normalized spacial score (nSPS) is 12.7. The summed E-state index contributed by atoms with van der Waals surface area (Å²) >= 11 is 0. The first-order valence-electron chi connectivity index (χ1n) is 9.03. The average Bonchev–Trinajstić information content (AvgIpc) is 2.95. The summed E-state index contributed by atoms with van der Waals surface area (Å²) in [6, 6.07) is 12.1. The highest BCUT2D eigenvalue weighted by Crippen LogP contribution is 2.22. The van der Waals surface area contributed by atoms with Crippen LogP contribution in [0, 0.1) is 5.82 Å². The summed E-state index contributed by atoms with van der Waals surface area (Å²) in [5.74, 6) is -2.88. The SMILES string of the molecule is CCN(Cc1cccc(F)c1)C(=O)COC(=O)CN1C(=O)c2ccccc2C1=O. The van der Waals surface area contributed by atoms with E-state index < -0.39 is 42.7 Å². The van der Waals surface area contributed by atoms with Gasteiger partial charge in [0.05, 0.1) is 11.1 Å². The molecule has 0 bridgehead atoms. The van der Waals surface area contributed by atoms with Crippen LogP contribution in [-0.2, 0) is 20.9 Å². The van der Waals surface area contributed by atoms with E-state index in [1.54, 1.807) is 31.2 Å². The number of carbonyl (C=O) groups excluding carboxylic acids is 4. The van der Waals surface area contributed by atoms with Crippen LogP contribution in [0.15, 0.2) is 48.5 Å². The summed E-state index contributed by atoms with van der Waals surface area (Å²) in [6.45, 7) is 1.15. The van der Waals surface area contributed by atoms with Gasteiger partial charge in [-0.25, -0.2) is 4.39 Å². The Labute approximate surface area is 166 Å². The third-order valence-corrected chi connectivity index (χ3v) is 4.52. The zero-order valence-corrected chi connectivity index (χ0v) is 15.8. The number of amides is 3.